The molecule has 2 heterocycles. The van der Waals surface area contributed by atoms with Gasteiger partial charge in [-0.1, -0.05) is 29.8 Å². The molecule has 2 aromatic carbocycles. The third-order valence-corrected chi connectivity index (χ3v) is 5.39. The Morgan fingerprint density at radius 2 is 1.93 bits per heavy atom. The summed E-state index contributed by atoms with van der Waals surface area (Å²) < 4.78 is 5.86. The standard InChI is InChI=1S/C21H19ClN2O4/c22-15-5-6-18-17(12-15)23-20(28-18)13-7-9-24(10-8-13)19(25)11-14-3-1-2-4-16(14)21(26)27/h1-6,12-13H,7-11H2,(H,26,27). The van der Waals surface area contributed by atoms with E-state index in [4.69, 9.17) is 16.0 Å². The van der Waals surface area contributed by atoms with E-state index >= 15 is 0 Å². The predicted molar refractivity (Wildman–Crippen MR) is 105 cm³/mol. The number of carboxylic acids is 1. The second-order valence-electron chi connectivity index (χ2n) is 6.96. The average molecular weight is 399 g/mol. The van der Waals surface area contributed by atoms with Gasteiger partial charge in [-0.05, 0) is 42.7 Å². The Balaban J connectivity index is 1.41. The molecule has 28 heavy (non-hydrogen) atoms. The van der Waals surface area contributed by atoms with Crippen molar-refractivity contribution < 1.29 is 19.1 Å². The molecule has 0 bridgehead atoms. The van der Waals surface area contributed by atoms with Crippen LogP contribution >= 0.6 is 11.6 Å². The zero-order valence-electron chi connectivity index (χ0n) is 15.1. The van der Waals surface area contributed by atoms with Gasteiger partial charge in [-0.2, -0.15) is 0 Å². The van der Waals surface area contributed by atoms with Gasteiger partial charge in [-0.3, -0.25) is 4.79 Å². The van der Waals surface area contributed by atoms with Crippen LogP contribution in [0.4, 0.5) is 0 Å². The average Bonchev–Trinajstić information content (AvgIpc) is 3.11. The van der Waals surface area contributed by atoms with Crippen molar-refractivity contribution in [2.45, 2.75) is 25.2 Å². The number of rotatable bonds is 4. The molecule has 1 N–H and O–H groups in total. The third kappa shape index (κ3) is 3.73. The molecular weight excluding hydrogens is 380 g/mol. The van der Waals surface area contributed by atoms with Crippen molar-refractivity contribution >= 4 is 34.6 Å². The van der Waals surface area contributed by atoms with E-state index in [1.54, 1.807) is 35.2 Å². The number of halogens is 1. The fourth-order valence-corrected chi connectivity index (χ4v) is 3.79. The molecule has 4 rings (SSSR count). The maximum atomic E-state index is 12.6. The van der Waals surface area contributed by atoms with Crippen LogP contribution in [-0.2, 0) is 11.2 Å². The van der Waals surface area contributed by atoms with Crippen LogP contribution in [0.1, 0.15) is 40.6 Å². The summed E-state index contributed by atoms with van der Waals surface area (Å²) in [4.78, 5) is 30.3. The molecule has 1 fully saturated rings. The number of benzene rings is 2. The predicted octanol–water partition coefficient (Wildman–Crippen LogP) is 4.13. The fourth-order valence-electron chi connectivity index (χ4n) is 3.63. The molecule has 0 saturated carbocycles. The number of likely N-dealkylation sites (tertiary alicyclic amines) is 1. The van der Waals surface area contributed by atoms with Gasteiger partial charge in [-0.25, -0.2) is 9.78 Å². The van der Waals surface area contributed by atoms with E-state index in [1.165, 1.54) is 6.07 Å². The van der Waals surface area contributed by atoms with Gasteiger partial charge >= 0.3 is 5.97 Å². The summed E-state index contributed by atoms with van der Waals surface area (Å²) in [5, 5.41) is 9.90. The van der Waals surface area contributed by atoms with Crippen LogP contribution in [-0.4, -0.2) is 40.0 Å². The molecule has 0 unspecified atom stereocenters. The first-order valence-corrected chi connectivity index (χ1v) is 9.54. The van der Waals surface area contributed by atoms with Gasteiger partial charge in [0.05, 0.1) is 12.0 Å². The van der Waals surface area contributed by atoms with Crippen LogP contribution in [0.5, 0.6) is 0 Å². The lowest BCUT2D eigenvalue weighted by Gasteiger charge is -2.30. The summed E-state index contributed by atoms with van der Waals surface area (Å²) in [6, 6.07) is 12.0. The van der Waals surface area contributed by atoms with Crippen molar-refractivity contribution in [3.05, 3.63) is 64.5 Å². The highest BCUT2D eigenvalue weighted by molar-refractivity contribution is 6.31. The van der Waals surface area contributed by atoms with Gasteiger partial charge in [-0.15, -0.1) is 0 Å². The molecule has 6 nitrogen and oxygen atoms in total. The molecule has 1 amide bonds. The molecule has 0 atom stereocenters. The van der Waals surface area contributed by atoms with E-state index in [0.29, 0.717) is 35.1 Å². The summed E-state index contributed by atoms with van der Waals surface area (Å²) in [5.74, 6) is -0.239. The van der Waals surface area contributed by atoms with Crippen LogP contribution in [0.3, 0.4) is 0 Å². The number of oxazole rings is 1. The van der Waals surface area contributed by atoms with Gasteiger partial charge in [0.15, 0.2) is 11.5 Å². The molecule has 7 heteroatoms. The van der Waals surface area contributed by atoms with Crippen LogP contribution in [0.15, 0.2) is 46.9 Å². The normalized spacial score (nSPS) is 15.1. The molecule has 0 aliphatic carbocycles. The molecule has 3 aromatic rings. The molecule has 1 aliphatic rings. The number of aromatic nitrogens is 1. The highest BCUT2D eigenvalue weighted by atomic mass is 35.5. The lowest BCUT2D eigenvalue weighted by atomic mass is 9.96. The van der Waals surface area contributed by atoms with E-state index in [9.17, 15) is 14.7 Å². The molecule has 1 saturated heterocycles. The van der Waals surface area contributed by atoms with Gasteiger partial charge in [0.25, 0.3) is 0 Å². The minimum absolute atomic E-state index is 0.0588. The second-order valence-corrected chi connectivity index (χ2v) is 7.39. The first-order valence-electron chi connectivity index (χ1n) is 9.16. The Morgan fingerprint density at radius 1 is 1.18 bits per heavy atom. The number of fused-ring (bicyclic) bond motifs is 1. The second kappa shape index (κ2) is 7.64. The Labute approximate surface area is 166 Å². The van der Waals surface area contributed by atoms with Gasteiger partial charge in [0.1, 0.15) is 5.52 Å². The summed E-state index contributed by atoms with van der Waals surface area (Å²) >= 11 is 6.00. The van der Waals surface area contributed by atoms with Crippen LogP contribution in [0.25, 0.3) is 11.1 Å². The molecule has 1 aromatic heterocycles. The maximum absolute atomic E-state index is 12.6. The molecule has 144 valence electrons. The minimum Gasteiger partial charge on any atom is -0.478 e. The van der Waals surface area contributed by atoms with E-state index in [-0.39, 0.29) is 23.8 Å². The number of piperidine rings is 1. The first kappa shape index (κ1) is 18.5. The third-order valence-electron chi connectivity index (χ3n) is 5.15. The number of amides is 1. The topological polar surface area (TPSA) is 83.6 Å². The molecule has 1 aliphatic heterocycles. The Kier molecular flexibility index (Phi) is 5.05. The van der Waals surface area contributed by atoms with Crippen molar-refractivity contribution in [3.63, 3.8) is 0 Å². The van der Waals surface area contributed by atoms with Crippen LogP contribution < -0.4 is 0 Å². The number of hydrogen-bond acceptors (Lipinski definition) is 4. The van der Waals surface area contributed by atoms with Crippen molar-refractivity contribution in [1.29, 1.82) is 0 Å². The maximum Gasteiger partial charge on any atom is 0.335 e. The Hall–Kier alpha value is -2.86. The molecular formula is C21H19ClN2O4. The SMILES string of the molecule is O=C(O)c1ccccc1CC(=O)N1CCC(c2nc3cc(Cl)ccc3o2)CC1. The Bertz CT molecular complexity index is 1040. The van der Waals surface area contributed by atoms with E-state index in [0.717, 1.165) is 18.4 Å². The van der Waals surface area contributed by atoms with Crippen molar-refractivity contribution in [1.82, 2.24) is 9.88 Å². The van der Waals surface area contributed by atoms with E-state index < -0.39 is 5.97 Å². The number of hydrogen-bond donors (Lipinski definition) is 1. The number of carbonyl (C=O) groups is 2. The van der Waals surface area contributed by atoms with Gasteiger partial charge in [0, 0.05) is 24.0 Å². The fraction of sp³-hybridized carbons (Fsp3) is 0.286. The quantitative estimate of drug-likeness (QED) is 0.714. The highest BCUT2D eigenvalue weighted by Crippen LogP contribution is 2.31. The largest absolute Gasteiger partial charge is 0.478 e. The monoisotopic (exact) mass is 398 g/mol. The Morgan fingerprint density at radius 3 is 2.68 bits per heavy atom. The van der Waals surface area contributed by atoms with E-state index in [1.807, 2.05) is 6.07 Å². The van der Waals surface area contributed by atoms with Gasteiger partial charge in [0.2, 0.25) is 5.91 Å². The number of carbonyl (C=O) groups excluding carboxylic acids is 1. The summed E-state index contributed by atoms with van der Waals surface area (Å²) in [5.41, 5.74) is 2.17. The van der Waals surface area contributed by atoms with E-state index in [2.05, 4.69) is 4.98 Å². The van der Waals surface area contributed by atoms with Crippen LogP contribution in [0, 0.1) is 0 Å². The molecule has 0 radical (unpaired) electrons. The lowest BCUT2D eigenvalue weighted by Crippen LogP contribution is -2.39. The smallest absolute Gasteiger partial charge is 0.335 e. The summed E-state index contributed by atoms with van der Waals surface area (Å²) in [6.07, 6.45) is 1.61. The first-order chi connectivity index (χ1) is 13.5. The van der Waals surface area contributed by atoms with Crippen LogP contribution in [0.2, 0.25) is 5.02 Å². The summed E-state index contributed by atoms with van der Waals surface area (Å²) in [6.45, 7) is 1.19. The van der Waals surface area contributed by atoms with Crippen molar-refractivity contribution in [2.24, 2.45) is 0 Å². The summed E-state index contributed by atoms with van der Waals surface area (Å²) in [7, 11) is 0. The van der Waals surface area contributed by atoms with Gasteiger partial charge < -0.3 is 14.4 Å². The minimum atomic E-state index is -1.02. The number of nitrogens with zero attached hydrogens (tertiary/aromatic N) is 2. The zero-order valence-corrected chi connectivity index (χ0v) is 15.9. The highest BCUT2D eigenvalue weighted by Gasteiger charge is 2.27. The zero-order chi connectivity index (χ0) is 19.7. The van der Waals surface area contributed by atoms with Crippen molar-refractivity contribution in [2.75, 3.05) is 13.1 Å². The molecule has 0 spiro atoms. The van der Waals surface area contributed by atoms with Crippen molar-refractivity contribution in [3.8, 4) is 0 Å². The number of aromatic carboxylic acids is 1. The number of carboxylic acid groups (broad SMARTS) is 1. The lowest BCUT2D eigenvalue weighted by molar-refractivity contribution is -0.131.